The summed E-state index contributed by atoms with van der Waals surface area (Å²) in [6.07, 6.45) is 2.97. The number of hydrogen-bond acceptors (Lipinski definition) is 6. The van der Waals surface area contributed by atoms with Crippen LogP contribution in [0.3, 0.4) is 0 Å². The SMILES string of the molecule is COc1ccc(/C=C/C(=O)NC(C)C(=O)OCc2cc(=O)oc3cc(C)ccc23)cc1. The fraction of sp³-hybridized carbons (Fsp3) is 0.208. The van der Waals surface area contributed by atoms with E-state index >= 15 is 0 Å². The summed E-state index contributed by atoms with van der Waals surface area (Å²) in [5.74, 6) is -0.321. The van der Waals surface area contributed by atoms with E-state index in [-0.39, 0.29) is 6.61 Å². The number of hydrogen-bond donors (Lipinski definition) is 1. The van der Waals surface area contributed by atoms with E-state index in [1.165, 1.54) is 19.1 Å². The van der Waals surface area contributed by atoms with E-state index in [9.17, 15) is 14.4 Å². The van der Waals surface area contributed by atoms with Gasteiger partial charge in [0.05, 0.1) is 7.11 Å². The molecule has 0 aliphatic heterocycles. The van der Waals surface area contributed by atoms with Crippen molar-refractivity contribution in [2.45, 2.75) is 26.5 Å². The number of fused-ring (bicyclic) bond motifs is 1. The summed E-state index contributed by atoms with van der Waals surface area (Å²) < 4.78 is 15.6. The van der Waals surface area contributed by atoms with Crippen molar-refractivity contribution in [2.24, 2.45) is 0 Å². The first-order valence-corrected chi connectivity index (χ1v) is 9.68. The number of aryl methyl sites for hydroxylation is 1. The number of rotatable bonds is 7. The Morgan fingerprint density at radius 2 is 1.87 bits per heavy atom. The molecule has 0 fully saturated rings. The Labute approximate surface area is 179 Å². The lowest BCUT2D eigenvalue weighted by atomic mass is 10.1. The predicted molar refractivity (Wildman–Crippen MR) is 117 cm³/mol. The zero-order chi connectivity index (χ0) is 22.4. The summed E-state index contributed by atoms with van der Waals surface area (Å²) in [7, 11) is 1.58. The maximum absolute atomic E-state index is 12.3. The minimum atomic E-state index is -0.860. The van der Waals surface area contributed by atoms with E-state index in [1.807, 2.05) is 31.2 Å². The minimum absolute atomic E-state index is 0.105. The van der Waals surface area contributed by atoms with Crippen molar-refractivity contribution in [3.05, 3.63) is 81.7 Å². The maximum atomic E-state index is 12.3. The van der Waals surface area contributed by atoms with Crippen molar-refractivity contribution in [3.8, 4) is 5.75 Å². The Kier molecular flexibility index (Phi) is 6.87. The van der Waals surface area contributed by atoms with Crippen LogP contribution >= 0.6 is 0 Å². The number of carbonyl (C=O) groups is 2. The lowest BCUT2D eigenvalue weighted by Crippen LogP contribution is -2.38. The molecule has 0 bridgehead atoms. The van der Waals surface area contributed by atoms with Crippen molar-refractivity contribution in [2.75, 3.05) is 7.11 Å². The van der Waals surface area contributed by atoms with Crippen molar-refractivity contribution >= 4 is 28.9 Å². The average Bonchev–Trinajstić information content (AvgIpc) is 2.75. The molecular weight excluding hydrogens is 398 g/mol. The minimum Gasteiger partial charge on any atom is -0.497 e. The van der Waals surface area contributed by atoms with Gasteiger partial charge in [-0.05, 0) is 49.2 Å². The van der Waals surface area contributed by atoms with Gasteiger partial charge in [-0.15, -0.1) is 0 Å². The average molecular weight is 421 g/mol. The van der Waals surface area contributed by atoms with Crippen molar-refractivity contribution in [1.29, 1.82) is 0 Å². The van der Waals surface area contributed by atoms with Gasteiger partial charge in [-0.3, -0.25) is 4.79 Å². The van der Waals surface area contributed by atoms with E-state index in [2.05, 4.69) is 5.32 Å². The van der Waals surface area contributed by atoms with Gasteiger partial charge in [-0.2, -0.15) is 0 Å². The molecule has 2 aromatic carbocycles. The van der Waals surface area contributed by atoms with Crippen LogP contribution in [-0.4, -0.2) is 25.0 Å². The Bertz CT molecular complexity index is 1180. The van der Waals surface area contributed by atoms with Crippen LogP contribution < -0.4 is 15.7 Å². The van der Waals surface area contributed by atoms with Gasteiger partial charge in [0.1, 0.15) is 24.0 Å². The summed E-state index contributed by atoms with van der Waals surface area (Å²) in [4.78, 5) is 36.2. The Hall–Kier alpha value is -3.87. The molecule has 7 nitrogen and oxygen atoms in total. The van der Waals surface area contributed by atoms with Crippen molar-refractivity contribution in [1.82, 2.24) is 5.32 Å². The third-order valence-corrected chi connectivity index (χ3v) is 4.61. The molecule has 1 N–H and O–H groups in total. The standard InChI is InChI=1S/C24H23NO6/c1-15-4-10-20-18(13-23(27)31-21(20)12-15)14-30-24(28)16(2)25-22(26)11-7-17-5-8-19(29-3)9-6-17/h4-13,16H,14H2,1-3H3,(H,25,26)/b11-7+. The van der Waals surface area contributed by atoms with Gasteiger partial charge >= 0.3 is 11.6 Å². The van der Waals surface area contributed by atoms with Crippen LogP contribution in [0.15, 0.2) is 63.8 Å². The third-order valence-electron chi connectivity index (χ3n) is 4.61. The molecule has 1 aromatic heterocycles. The van der Waals surface area contributed by atoms with Crippen LogP contribution in [0.2, 0.25) is 0 Å². The summed E-state index contributed by atoms with van der Waals surface area (Å²) >= 11 is 0. The predicted octanol–water partition coefficient (Wildman–Crippen LogP) is 3.37. The lowest BCUT2D eigenvalue weighted by Gasteiger charge is -2.13. The number of benzene rings is 2. The molecule has 3 aromatic rings. The summed E-state index contributed by atoms with van der Waals surface area (Å²) in [5.41, 5.74) is 2.22. The summed E-state index contributed by atoms with van der Waals surface area (Å²) in [6, 6.07) is 13.1. The van der Waals surface area contributed by atoms with Gasteiger partial charge in [0, 0.05) is 23.1 Å². The van der Waals surface area contributed by atoms with Gasteiger partial charge in [0.15, 0.2) is 0 Å². The molecule has 0 saturated heterocycles. The topological polar surface area (TPSA) is 94.8 Å². The molecule has 0 spiro atoms. The molecule has 1 unspecified atom stereocenters. The molecule has 0 radical (unpaired) electrons. The largest absolute Gasteiger partial charge is 0.497 e. The van der Waals surface area contributed by atoms with Crippen LogP contribution in [0.5, 0.6) is 5.75 Å². The quantitative estimate of drug-likeness (QED) is 0.357. The van der Waals surface area contributed by atoms with E-state index in [0.29, 0.717) is 16.5 Å². The van der Waals surface area contributed by atoms with Gasteiger partial charge in [-0.1, -0.05) is 24.3 Å². The van der Waals surface area contributed by atoms with Crippen molar-refractivity contribution < 1.29 is 23.5 Å². The number of amides is 1. The Balaban J connectivity index is 1.58. The zero-order valence-electron chi connectivity index (χ0n) is 17.5. The molecule has 0 saturated carbocycles. The number of methoxy groups -OCH3 is 1. The van der Waals surface area contributed by atoms with E-state index in [1.54, 1.807) is 31.4 Å². The molecule has 1 heterocycles. The second-order valence-electron chi connectivity index (χ2n) is 7.03. The van der Waals surface area contributed by atoms with Crippen LogP contribution in [-0.2, 0) is 20.9 Å². The van der Waals surface area contributed by atoms with E-state index in [0.717, 1.165) is 16.9 Å². The van der Waals surface area contributed by atoms with Gasteiger partial charge < -0.3 is 19.2 Å². The maximum Gasteiger partial charge on any atom is 0.336 e. The number of carbonyl (C=O) groups excluding carboxylic acids is 2. The fourth-order valence-corrected chi connectivity index (χ4v) is 2.94. The normalized spacial score (nSPS) is 12.0. The number of esters is 1. The van der Waals surface area contributed by atoms with Gasteiger partial charge in [0.25, 0.3) is 0 Å². The van der Waals surface area contributed by atoms with Crippen LogP contribution in [0.25, 0.3) is 17.0 Å². The number of ether oxygens (including phenoxy) is 2. The molecule has 0 aliphatic rings. The third kappa shape index (κ3) is 5.82. The van der Waals surface area contributed by atoms with E-state index in [4.69, 9.17) is 13.9 Å². The van der Waals surface area contributed by atoms with Crippen LogP contribution in [0.4, 0.5) is 0 Å². The highest BCUT2D eigenvalue weighted by atomic mass is 16.5. The monoisotopic (exact) mass is 421 g/mol. The highest BCUT2D eigenvalue weighted by molar-refractivity contribution is 5.94. The highest BCUT2D eigenvalue weighted by Gasteiger charge is 2.17. The molecular formula is C24H23NO6. The molecule has 0 aliphatic carbocycles. The van der Waals surface area contributed by atoms with Gasteiger partial charge in [-0.25, -0.2) is 9.59 Å². The Morgan fingerprint density at radius 1 is 1.13 bits per heavy atom. The summed E-state index contributed by atoms with van der Waals surface area (Å²) in [6.45, 7) is 3.31. The van der Waals surface area contributed by atoms with Gasteiger partial charge in [0.2, 0.25) is 5.91 Å². The second-order valence-corrected chi connectivity index (χ2v) is 7.03. The summed E-state index contributed by atoms with van der Waals surface area (Å²) in [5, 5.41) is 3.25. The molecule has 1 atom stereocenters. The second kappa shape index (κ2) is 9.75. The van der Waals surface area contributed by atoms with Crippen LogP contribution in [0, 0.1) is 6.92 Å². The zero-order valence-corrected chi connectivity index (χ0v) is 17.5. The Morgan fingerprint density at radius 3 is 2.58 bits per heavy atom. The molecule has 7 heteroatoms. The fourth-order valence-electron chi connectivity index (χ4n) is 2.94. The first-order valence-electron chi connectivity index (χ1n) is 9.68. The lowest BCUT2D eigenvalue weighted by molar-refractivity contribution is -0.148. The van der Waals surface area contributed by atoms with Crippen LogP contribution in [0.1, 0.15) is 23.6 Å². The number of nitrogens with one attached hydrogen (secondary N) is 1. The molecule has 1 amide bonds. The van der Waals surface area contributed by atoms with Crippen molar-refractivity contribution in [3.63, 3.8) is 0 Å². The first kappa shape index (κ1) is 21.8. The molecule has 3 rings (SSSR count). The first-order chi connectivity index (χ1) is 14.9. The smallest absolute Gasteiger partial charge is 0.336 e. The molecule has 31 heavy (non-hydrogen) atoms. The molecule has 160 valence electrons. The van der Waals surface area contributed by atoms with E-state index < -0.39 is 23.5 Å². The highest BCUT2D eigenvalue weighted by Crippen LogP contribution is 2.19.